The van der Waals surface area contributed by atoms with Gasteiger partial charge in [0.1, 0.15) is 11.6 Å². The number of fused-ring (bicyclic) bond motifs is 1. The van der Waals surface area contributed by atoms with Gasteiger partial charge in [0.25, 0.3) is 5.91 Å². The number of carbonyl (C=O) groups is 1. The van der Waals surface area contributed by atoms with Gasteiger partial charge in [-0.15, -0.1) is 0 Å². The number of para-hydroxylation sites is 1. The molecule has 2 aromatic rings. The third kappa shape index (κ3) is 2.75. The van der Waals surface area contributed by atoms with Crippen LogP contribution in [0.3, 0.4) is 0 Å². The van der Waals surface area contributed by atoms with E-state index in [-0.39, 0.29) is 17.8 Å². The molecule has 1 aliphatic heterocycles. The molecule has 3 nitrogen and oxygen atoms in total. The lowest BCUT2D eigenvalue weighted by atomic mass is 9.99. The van der Waals surface area contributed by atoms with Crippen molar-refractivity contribution in [1.82, 2.24) is 5.32 Å². The standard InChI is InChI=1S/C17H16FNO2/c1-11-10-12(18)6-7-13(11)17(20)19-15-8-9-21-16-5-3-2-4-14(15)16/h2-7,10,15H,8-9H2,1H3,(H,19,20). The van der Waals surface area contributed by atoms with Crippen LogP contribution in [0.25, 0.3) is 0 Å². The molecule has 1 unspecified atom stereocenters. The van der Waals surface area contributed by atoms with Gasteiger partial charge in [0.05, 0.1) is 12.6 Å². The van der Waals surface area contributed by atoms with Crippen molar-refractivity contribution in [2.24, 2.45) is 0 Å². The van der Waals surface area contributed by atoms with Crippen LogP contribution >= 0.6 is 0 Å². The van der Waals surface area contributed by atoms with Crippen LogP contribution in [0.15, 0.2) is 42.5 Å². The number of carbonyl (C=O) groups excluding carboxylic acids is 1. The molecular formula is C17H16FNO2. The van der Waals surface area contributed by atoms with Crippen LogP contribution in [0.1, 0.15) is 33.9 Å². The molecule has 21 heavy (non-hydrogen) atoms. The second-order valence-electron chi connectivity index (χ2n) is 5.16. The fourth-order valence-corrected chi connectivity index (χ4v) is 2.61. The molecule has 0 aliphatic carbocycles. The summed E-state index contributed by atoms with van der Waals surface area (Å²) in [6, 6.07) is 11.8. The number of nitrogens with one attached hydrogen (secondary N) is 1. The lowest BCUT2D eigenvalue weighted by Crippen LogP contribution is -2.32. The molecule has 1 atom stereocenters. The first-order chi connectivity index (χ1) is 10.1. The first-order valence-corrected chi connectivity index (χ1v) is 6.94. The average Bonchev–Trinajstić information content (AvgIpc) is 2.47. The van der Waals surface area contributed by atoms with Gasteiger partial charge in [-0.2, -0.15) is 0 Å². The molecule has 1 N–H and O–H groups in total. The van der Waals surface area contributed by atoms with Gasteiger partial charge in [-0.1, -0.05) is 18.2 Å². The van der Waals surface area contributed by atoms with Crippen LogP contribution in [-0.4, -0.2) is 12.5 Å². The highest BCUT2D eigenvalue weighted by atomic mass is 19.1. The first-order valence-electron chi connectivity index (χ1n) is 6.94. The minimum atomic E-state index is -0.333. The quantitative estimate of drug-likeness (QED) is 0.918. The van der Waals surface area contributed by atoms with E-state index in [0.29, 0.717) is 17.7 Å². The van der Waals surface area contributed by atoms with Gasteiger partial charge >= 0.3 is 0 Å². The van der Waals surface area contributed by atoms with Crippen molar-refractivity contribution in [3.8, 4) is 5.75 Å². The topological polar surface area (TPSA) is 38.3 Å². The van der Waals surface area contributed by atoms with Crippen molar-refractivity contribution in [1.29, 1.82) is 0 Å². The summed E-state index contributed by atoms with van der Waals surface area (Å²) in [6.45, 7) is 2.31. The third-order valence-electron chi connectivity index (χ3n) is 3.70. The highest BCUT2D eigenvalue weighted by molar-refractivity contribution is 5.95. The molecule has 2 aromatic carbocycles. The highest BCUT2D eigenvalue weighted by Crippen LogP contribution is 2.31. The van der Waals surface area contributed by atoms with Gasteiger partial charge in [0.2, 0.25) is 0 Å². The molecule has 1 aliphatic rings. The molecule has 3 rings (SSSR count). The molecule has 0 bridgehead atoms. The predicted molar refractivity (Wildman–Crippen MR) is 77.9 cm³/mol. The first kappa shape index (κ1) is 13.6. The number of ether oxygens (including phenoxy) is 1. The van der Waals surface area contributed by atoms with Crippen LogP contribution < -0.4 is 10.1 Å². The average molecular weight is 285 g/mol. The van der Waals surface area contributed by atoms with E-state index in [1.165, 1.54) is 18.2 Å². The maximum atomic E-state index is 13.1. The van der Waals surface area contributed by atoms with E-state index in [1.54, 1.807) is 6.92 Å². The van der Waals surface area contributed by atoms with Gasteiger partial charge in [-0.25, -0.2) is 4.39 Å². The zero-order chi connectivity index (χ0) is 14.8. The molecule has 0 spiro atoms. The second kappa shape index (κ2) is 5.56. The third-order valence-corrected chi connectivity index (χ3v) is 3.70. The van der Waals surface area contributed by atoms with Crippen molar-refractivity contribution >= 4 is 5.91 Å². The number of amides is 1. The lowest BCUT2D eigenvalue weighted by Gasteiger charge is -2.26. The number of hydrogen-bond acceptors (Lipinski definition) is 2. The van der Waals surface area contributed by atoms with Crippen LogP contribution in [0.5, 0.6) is 5.75 Å². The van der Waals surface area contributed by atoms with Crippen molar-refractivity contribution in [3.05, 3.63) is 65.0 Å². The van der Waals surface area contributed by atoms with Gasteiger partial charge in [-0.05, 0) is 36.8 Å². The number of rotatable bonds is 2. The molecule has 0 saturated carbocycles. The summed E-state index contributed by atoms with van der Waals surface area (Å²) >= 11 is 0. The van der Waals surface area contributed by atoms with E-state index in [1.807, 2.05) is 24.3 Å². The largest absolute Gasteiger partial charge is 0.493 e. The zero-order valence-corrected chi connectivity index (χ0v) is 11.7. The summed E-state index contributed by atoms with van der Waals surface area (Å²) < 4.78 is 18.7. The Hall–Kier alpha value is -2.36. The van der Waals surface area contributed by atoms with E-state index >= 15 is 0 Å². The maximum Gasteiger partial charge on any atom is 0.252 e. The molecule has 0 radical (unpaired) electrons. The summed E-state index contributed by atoms with van der Waals surface area (Å²) in [5, 5.41) is 3.01. The van der Waals surface area contributed by atoms with E-state index in [9.17, 15) is 9.18 Å². The number of aryl methyl sites for hydroxylation is 1. The summed E-state index contributed by atoms with van der Waals surface area (Å²) in [5.74, 6) is 0.291. The van der Waals surface area contributed by atoms with Crippen LogP contribution in [0.2, 0.25) is 0 Å². The van der Waals surface area contributed by atoms with Gasteiger partial charge in [0, 0.05) is 17.5 Å². The minimum absolute atomic E-state index is 0.0769. The summed E-state index contributed by atoms with van der Waals surface area (Å²) in [7, 11) is 0. The number of hydrogen-bond donors (Lipinski definition) is 1. The number of halogens is 1. The molecule has 0 saturated heterocycles. The number of benzene rings is 2. The Kier molecular flexibility index (Phi) is 3.60. The Labute approximate surface area is 122 Å². The minimum Gasteiger partial charge on any atom is -0.493 e. The highest BCUT2D eigenvalue weighted by Gasteiger charge is 2.23. The van der Waals surface area contributed by atoms with Gasteiger partial charge in [-0.3, -0.25) is 4.79 Å². The van der Waals surface area contributed by atoms with Crippen molar-refractivity contribution < 1.29 is 13.9 Å². The van der Waals surface area contributed by atoms with E-state index in [4.69, 9.17) is 4.74 Å². The van der Waals surface area contributed by atoms with Gasteiger partial charge in [0.15, 0.2) is 0 Å². The Morgan fingerprint density at radius 3 is 2.90 bits per heavy atom. The molecule has 108 valence electrons. The molecule has 1 heterocycles. The Balaban J connectivity index is 1.83. The molecule has 1 amide bonds. The van der Waals surface area contributed by atoms with E-state index in [2.05, 4.69) is 5.32 Å². The summed E-state index contributed by atoms with van der Waals surface area (Å²) in [4.78, 5) is 12.4. The van der Waals surface area contributed by atoms with Crippen molar-refractivity contribution in [2.75, 3.05) is 6.61 Å². The molecule has 0 aromatic heterocycles. The molecule has 4 heteroatoms. The fraction of sp³-hybridized carbons (Fsp3) is 0.235. The zero-order valence-electron chi connectivity index (χ0n) is 11.7. The Morgan fingerprint density at radius 1 is 1.29 bits per heavy atom. The maximum absolute atomic E-state index is 13.1. The fourth-order valence-electron chi connectivity index (χ4n) is 2.61. The SMILES string of the molecule is Cc1cc(F)ccc1C(=O)NC1CCOc2ccccc21. The van der Waals surface area contributed by atoms with E-state index in [0.717, 1.165) is 17.7 Å². The van der Waals surface area contributed by atoms with Crippen LogP contribution in [0.4, 0.5) is 4.39 Å². The van der Waals surface area contributed by atoms with Crippen molar-refractivity contribution in [2.45, 2.75) is 19.4 Å². The van der Waals surface area contributed by atoms with Crippen LogP contribution in [-0.2, 0) is 0 Å². The van der Waals surface area contributed by atoms with E-state index < -0.39 is 0 Å². The molecular weight excluding hydrogens is 269 g/mol. The van der Waals surface area contributed by atoms with Crippen LogP contribution in [0, 0.1) is 12.7 Å². The summed E-state index contributed by atoms with van der Waals surface area (Å²) in [6.07, 6.45) is 0.725. The van der Waals surface area contributed by atoms with Gasteiger partial charge < -0.3 is 10.1 Å². The predicted octanol–water partition coefficient (Wildman–Crippen LogP) is 3.39. The lowest BCUT2D eigenvalue weighted by molar-refractivity contribution is 0.0924. The smallest absolute Gasteiger partial charge is 0.252 e. The second-order valence-corrected chi connectivity index (χ2v) is 5.16. The normalized spacial score (nSPS) is 16.8. The Bertz CT molecular complexity index is 684. The van der Waals surface area contributed by atoms with Crippen molar-refractivity contribution in [3.63, 3.8) is 0 Å². The molecule has 0 fully saturated rings. The Morgan fingerprint density at radius 2 is 2.10 bits per heavy atom. The summed E-state index contributed by atoms with van der Waals surface area (Å²) in [5.41, 5.74) is 2.12. The monoisotopic (exact) mass is 285 g/mol.